The highest BCUT2D eigenvalue weighted by molar-refractivity contribution is 14.1. The molecule has 17 heavy (non-hydrogen) atoms. The molecule has 1 heterocycles. The van der Waals surface area contributed by atoms with Crippen molar-refractivity contribution in [3.63, 3.8) is 0 Å². The van der Waals surface area contributed by atoms with Gasteiger partial charge in [-0.15, -0.1) is 0 Å². The van der Waals surface area contributed by atoms with Gasteiger partial charge in [0.15, 0.2) is 0 Å². The second-order valence-electron chi connectivity index (χ2n) is 4.14. The molecule has 5 nitrogen and oxygen atoms in total. The molecule has 96 valence electrons. The zero-order chi connectivity index (χ0) is 12.7. The number of aromatic amines is 1. The van der Waals surface area contributed by atoms with Gasteiger partial charge < -0.3 is 15.0 Å². The Morgan fingerprint density at radius 1 is 1.59 bits per heavy atom. The first-order valence-electron chi connectivity index (χ1n) is 5.66. The molecule has 1 aromatic heterocycles. The third-order valence-electron chi connectivity index (χ3n) is 2.01. The summed E-state index contributed by atoms with van der Waals surface area (Å²) in [7, 11) is 0. The molecular formula is C11H18IN3O2. The first-order valence-corrected chi connectivity index (χ1v) is 6.74. The topological polar surface area (TPSA) is 67.0 Å². The Morgan fingerprint density at radius 2 is 2.35 bits per heavy atom. The minimum Gasteiger partial charge on any atom is -0.381 e. The average Bonchev–Trinajstić information content (AvgIpc) is 2.28. The number of nitrogens with one attached hydrogen (secondary N) is 2. The first-order chi connectivity index (χ1) is 8.11. The molecule has 0 fully saturated rings. The second kappa shape index (κ2) is 7.65. The van der Waals surface area contributed by atoms with Gasteiger partial charge >= 0.3 is 0 Å². The van der Waals surface area contributed by atoms with Gasteiger partial charge in [0.2, 0.25) is 0 Å². The summed E-state index contributed by atoms with van der Waals surface area (Å²) in [5.41, 5.74) is -0.112. The summed E-state index contributed by atoms with van der Waals surface area (Å²) < 4.78 is 6.05. The average molecular weight is 351 g/mol. The van der Waals surface area contributed by atoms with Crippen LogP contribution in [0.1, 0.15) is 20.3 Å². The Bertz CT molecular complexity index is 393. The molecule has 0 amide bonds. The SMILES string of the molecule is CC(C)COCCCNc1nc[nH]c(=O)c1I. The second-order valence-corrected chi connectivity index (χ2v) is 5.22. The van der Waals surface area contributed by atoms with Gasteiger partial charge in [-0.2, -0.15) is 0 Å². The molecule has 0 aromatic carbocycles. The number of nitrogens with zero attached hydrogens (tertiary/aromatic N) is 1. The fraction of sp³-hybridized carbons (Fsp3) is 0.636. The molecule has 0 saturated heterocycles. The lowest BCUT2D eigenvalue weighted by molar-refractivity contribution is 0.110. The molecule has 0 aliphatic carbocycles. The fourth-order valence-electron chi connectivity index (χ4n) is 1.21. The zero-order valence-corrected chi connectivity index (χ0v) is 12.3. The van der Waals surface area contributed by atoms with Crippen molar-refractivity contribution in [1.29, 1.82) is 0 Å². The summed E-state index contributed by atoms with van der Waals surface area (Å²) in [6.45, 7) is 6.53. The first kappa shape index (κ1) is 14.4. The lowest BCUT2D eigenvalue weighted by Gasteiger charge is -2.08. The molecule has 6 heteroatoms. The van der Waals surface area contributed by atoms with Crippen LogP contribution in [0.4, 0.5) is 5.82 Å². The normalized spacial score (nSPS) is 10.8. The number of halogens is 1. The number of anilines is 1. The van der Waals surface area contributed by atoms with Gasteiger partial charge in [0.05, 0.1) is 6.33 Å². The third-order valence-corrected chi connectivity index (χ3v) is 3.01. The maximum absolute atomic E-state index is 11.3. The van der Waals surface area contributed by atoms with Crippen molar-refractivity contribution in [3.8, 4) is 0 Å². The van der Waals surface area contributed by atoms with E-state index in [1.165, 1.54) is 6.33 Å². The number of H-pyrrole nitrogens is 1. The molecule has 0 bridgehead atoms. The quantitative estimate of drug-likeness (QED) is 0.581. The van der Waals surface area contributed by atoms with Crippen LogP contribution in [0, 0.1) is 9.49 Å². The standard InChI is InChI=1S/C11H18IN3O2/c1-8(2)6-17-5-3-4-13-10-9(12)11(16)15-7-14-10/h7-8H,3-6H2,1-2H3,(H2,13,14,15,16). The fourth-order valence-corrected chi connectivity index (χ4v) is 1.69. The van der Waals surface area contributed by atoms with E-state index in [2.05, 4.69) is 29.1 Å². The van der Waals surface area contributed by atoms with Crippen LogP contribution in [0.2, 0.25) is 0 Å². The van der Waals surface area contributed by atoms with Crippen LogP contribution >= 0.6 is 22.6 Å². The van der Waals surface area contributed by atoms with E-state index in [1.807, 2.05) is 22.6 Å². The van der Waals surface area contributed by atoms with Gasteiger partial charge in [0.25, 0.3) is 5.56 Å². The van der Waals surface area contributed by atoms with Crippen LogP contribution in [0.3, 0.4) is 0 Å². The highest BCUT2D eigenvalue weighted by atomic mass is 127. The highest BCUT2D eigenvalue weighted by Gasteiger charge is 2.03. The molecule has 0 aliphatic rings. The van der Waals surface area contributed by atoms with E-state index in [9.17, 15) is 4.79 Å². The van der Waals surface area contributed by atoms with Crippen molar-refractivity contribution in [2.45, 2.75) is 20.3 Å². The van der Waals surface area contributed by atoms with Crippen LogP contribution < -0.4 is 10.9 Å². The molecule has 0 radical (unpaired) electrons. The van der Waals surface area contributed by atoms with Gasteiger partial charge in [-0.3, -0.25) is 4.79 Å². The summed E-state index contributed by atoms with van der Waals surface area (Å²) >= 11 is 1.98. The van der Waals surface area contributed by atoms with Gasteiger partial charge in [-0.1, -0.05) is 13.8 Å². The third kappa shape index (κ3) is 5.49. The molecule has 1 rings (SSSR count). The Kier molecular flexibility index (Phi) is 6.49. The van der Waals surface area contributed by atoms with Crippen LogP contribution in [-0.2, 0) is 4.74 Å². The van der Waals surface area contributed by atoms with E-state index in [0.717, 1.165) is 26.2 Å². The van der Waals surface area contributed by atoms with Crippen molar-refractivity contribution in [2.24, 2.45) is 5.92 Å². The predicted octanol–water partition coefficient (Wildman–Crippen LogP) is 1.85. The Labute approximate surface area is 115 Å². The molecule has 0 spiro atoms. The number of hydrogen-bond acceptors (Lipinski definition) is 4. The van der Waals surface area contributed by atoms with E-state index in [0.29, 0.717) is 15.3 Å². The van der Waals surface area contributed by atoms with Crippen molar-refractivity contribution in [2.75, 3.05) is 25.1 Å². The van der Waals surface area contributed by atoms with E-state index in [4.69, 9.17) is 4.74 Å². The number of rotatable bonds is 7. The molecule has 0 aliphatic heterocycles. The Morgan fingerprint density at radius 3 is 3.06 bits per heavy atom. The maximum Gasteiger partial charge on any atom is 0.266 e. The number of hydrogen-bond donors (Lipinski definition) is 2. The summed E-state index contributed by atoms with van der Waals surface area (Å²) in [5, 5.41) is 3.12. The highest BCUT2D eigenvalue weighted by Crippen LogP contribution is 2.08. The monoisotopic (exact) mass is 351 g/mol. The van der Waals surface area contributed by atoms with Crippen LogP contribution in [0.25, 0.3) is 0 Å². The predicted molar refractivity (Wildman–Crippen MR) is 76.3 cm³/mol. The van der Waals surface area contributed by atoms with Gasteiger partial charge in [0.1, 0.15) is 9.39 Å². The van der Waals surface area contributed by atoms with Gasteiger partial charge in [-0.05, 0) is 34.9 Å². The Balaban J connectivity index is 2.23. The smallest absolute Gasteiger partial charge is 0.266 e. The minimum atomic E-state index is -0.112. The van der Waals surface area contributed by atoms with Gasteiger partial charge in [0, 0.05) is 19.8 Å². The van der Waals surface area contributed by atoms with Crippen LogP contribution in [-0.4, -0.2) is 29.7 Å². The number of aromatic nitrogens is 2. The molecule has 0 saturated carbocycles. The van der Waals surface area contributed by atoms with E-state index in [1.54, 1.807) is 0 Å². The lowest BCUT2D eigenvalue weighted by atomic mass is 10.2. The number of ether oxygens (including phenoxy) is 1. The summed E-state index contributed by atoms with van der Waals surface area (Å²) in [6, 6.07) is 0. The lowest BCUT2D eigenvalue weighted by Crippen LogP contribution is -2.16. The molecular weight excluding hydrogens is 333 g/mol. The zero-order valence-electron chi connectivity index (χ0n) is 10.1. The summed E-state index contributed by atoms with van der Waals surface area (Å²) in [4.78, 5) is 17.9. The minimum absolute atomic E-state index is 0.112. The largest absolute Gasteiger partial charge is 0.381 e. The molecule has 1 aromatic rings. The van der Waals surface area contributed by atoms with E-state index in [-0.39, 0.29) is 5.56 Å². The van der Waals surface area contributed by atoms with Crippen molar-refractivity contribution < 1.29 is 4.74 Å². The Hall–Kier alpha value is -0.630. The maximum atomic E-state index is 11.3. The van der Waals surface area contributed by atoms with E-state index < -0.39 is 0 Å². The van der Waals surface area contributed by atoms with Crippen LogP contribution in [0.5, 0.6) is 0 Å². The molecule has 0 atom stereocenters. The van der Waals surface area contributed by atoms with Crippen LogP contribution in [0.15, 0.2) is 11.1 Å². The van der Waals surface area contributed by atoms with Crippen molar-refractivity contribution in [3.05, 3.63) is 20.3 Å². The van der Waals surface area contributed by atoms with E-state index >= 15 is 0 Å². The molecule has 2 N–H and O–H groups in total. The molecule has 0 unspecified atom stereocenters. The van der Waals surface area contributed by atoms with Crippen molar-refractivity contribution >= 4 is 28.4 Å². The van der Waals surface area contributed by atoms with Crippen molar-refractivity contribution in [1.82, 2.24) is 9.97 Å². The summed E-state index contributed by atoms with van der Waals surface area (Å²) in [5.74, 6) is 1.21. The summed E-state index contributed by atoms with van der Waals surface area (Å²) in [6.07, 6.45) is 2.30. The van der Waals surface area contributed by atoms with Gasteiger partial charge in [-0.25, -0.2) is 4.98 Å².